The van der Waals surface area contributed by atoms with Crippen molar-refractivity contribution in [1.82, 2.24) is 0 Å². The minimum absolute atomic E-state index is 0.350. The number of anilines is 1. The number of nitrogens with one attached hydrogen (secondary N) is 1. The van der Waals surface area contributed by atoms with E-state index in [1.807, 2.05) is 12.1 Å². The second-order valence-corrected chi connectivity index (χ2v) is 9.11. The number of para-hydroxylation sites is 1. The molecule has 0 aliphatic carbocycles. The van der Waals surface area contributed by atoms with Gasteiger partial charge in [-0.3, -0.25) is 4.79 Å². The first kappa shape index (κ1) is 21.5. The lowest BCUT2D eigenvalue weighted by atomic mass is 10.0. The van der Waals surface area contributed by atoms with Crippen molar-refractivity contribution in [2.24, 2.45) is 0 Å². The summed E-state index contributed by atoms with van der Waals surface area (Å²) in [7, 11) is 1.50. The summed E-state index contributed by atoms with van der Waals surface area (Å²) in [6, 6.07) is 19.4. The van der Waals surface area contributed by atoms with Crippen molar-refractivity contribution >= 4 is 67.2 Å². The Balaban J connectivity index is 1.49. The smallest absolute Gasteiger partial charge is 0.344 e. The SMILES string of the molecule is COc1cc(NC(=O)c2sc3cc(Cl)ccc3c2Cl)ccc1-c1cc2ccccc2oc1=O. The molecular formula is C25H15Cl2NO4S. The number of hydrogen-bond donors (Lipinski definition) is 1. The third kappa shape index (κ3) is 3.97. The van der Waals surface area contributed by atoms with Crippen molar-refractivity contribution in [3.8, 4) is 16.9 Å². The zero-order chi connectivity index (χ0) is 23.1. The van der Waals surface area contributed by atoms with Crippen LogP contribution in [0.3, 0.4) is 0 Å². The molecule has 0 atom stereocenters. The number of benzene rings is 3. The van der Waals surface area contributed by atoms with Crippen LogP contribution < -0.4 is 15.7 Å². The quantitative estimate of drug-likeness (QED) is 0.266. The lowest BCUT2D eigenvalue weighted by molar-refractivity contribution is 0.103. The molecule has 0 radical (unpaired) electrons. The van der Waals surface area contributed by atoms with Crippen molar-refractivity contribution in [1.29, 1.82) is 0 Å². The number of thiophene rings is 1. The summed E-state index contributed by atoms with van der Waals surface area (Å²) in [6.45, 7) is 0. The van der Waals surface area contributed by atoms with Gasteiger partial charge in [0.25, 0.3) is 5.91 Å². The molecule has 0 bridgehead atoms. The molecule has 3 aromatic carbocycles. The molecule has 0 unspecified atom stereocenters. The van der Waals surface area contributed by atoms with E-state index in [9.17, 15) is 9.59 Å². The van der Waals surface area contributed by atoms with Gasteiger partial charge in [0.05, 0.1) is 17.7 Å². The fraction of sp³-hybridized carbons (Fsp3) is 0.0400. The Bertz CT molecular complexity index is 1610. The lowest BCUT2D eigenvalue weighted by Crippen LogP contribution is -2.11. The fourth-order valence-corrected chi connectivity index (χ4v) is 5.30. The average molecular weight is 496 g/mol. The molecule has 5 rings (SSSR count). The number of carbonyl (C=O) groups excluding carboxylic acids is 1. The highest BCUT2D eigenvalue weighted by atomic mass is 35.5. The zero-order valence-corrected chi connectivity index (χ0v) is 19.5. The zero-order valence-electron chi connectivity index (χ0n) is 17.1. The van der Waals surface area contributed by atoms with Gasteiger partial charge in [-0.25, -0.2) is 4.79 Å². The first-order valence-electron chi connectivity index (χ1n) is 9.85. The van der Waals surface area contributed by atoms with Gasteiger partial charge in [-0.1, -0.05) is 47.5 Å². The number of rotatable bonds is 4. The van der Waals surface area contributed by atoms with E-state index in [-0.39, 0.29) is 5.91 Å². The molecule has 5 aromatic rings. The summed E-state index contributed by atoms with van der Waals surface area (Å²) >= 11 is 13.8. The standard InChI is InChI=1S/C25H15Cl2NO4S/c1-31-20-12-15(28-24(29)23-22(27)17-8-6-14(26)11-21(17)33-23)7-9-16(20)18-10-13-4-2-3-5-19(13)32-25(18)30/h2-12H,1H3,(H,28,29). The number of methoxy groups -OCH3 is 1. The van der Waals surface area contributed by atoms with E-state index >= 15 is 0 Å². The van der Waals surface area contributed by atoms with Crippen molar-refractivity contribution < 1.29 is 13.9 Å². The van der Waals surface area contributed by atoms with Crippen LogP contribution in [0, 0.1) is 0 Å². The fourth-order valence-electron chi connectivity index (χ4n) is 3.61. The Morgan fingerprint density at radius 2 is 1.82 bits per heavy atom. The van der Waals surface area contributed by atoms with Gasteiger partial charge in [0.1, 0.15) is 16.2 Å². The highest BCUT2D eigenvalue weighted by Crippen LogP contribution is 2.38. The van der Waals surface area contributed by atoms with Crippen molar-refractivity contribution in [3.63, 3.8) is 0 Å². The molecule has 2 heterocycles. The molecule has 0 saturated heterocycles. The van der Waals surface area contributed by atoms with E-state index in [0.717, 1.165) is 15.5 Å². The summed E-state index contributed by atoms with van der Waals surface area (Å²) in [5.74, 6) is 0.0712. The van der Waals surface area contributed by atoms with Crippen molar-refractivity contribution in [3.05, 3.63) is 92.1 Å². The Hall–Kier alpha value is -3.32. The molecule has 0 spiro atoms. The first-order valence-corrected chi connectivity index (χ1v) is 11.4. The van der Waals surface area contributed by atoms with Gasteiger partial charge in [-0.15, -0.1) is 11.3 Å². The predicted molar refractivity (Wildman–Crippen MR) is 134 cm³/mol. The summed E-state index contributed by atoms with van der Waals surface area (Å²) in [6.07, 6.45) is 0. The molecule has 33 heavy (non-hydrogen) atoms. The first-order chi connectivity index (χ1) is 15.9. The maximum atomic E-state index is 12.9. The van der Waals surface area contributed by atoms with Crippen molar-refractivity contribution in [2.45, 2.75) is 0 Å². The normalized spacial score (nSPS) is 11.1. The molecule has 8 heteroatoms. The van der Waals surface area contributed by atoms with Crippen LogP contribution in [-0.2, 0) is 0 Å². The van der Waals surface area contributed by atoms with E-state index in [0.29, 0.717) is 43.1 Å². The molecule has 0 aliphatic heterocycles. The van der Waals surface area contributed by atoms with E-state index in [1.54, 1.807) is 54.6 Å². The van der Waals surface area contributed by atoms with E-state index in [2.05, 4.69) is 5.32 Å². The van der Waals surface area contributed by atoms with Crippen LogP contribution in [0.1, 0.15) is 9.67 Å². The predicted octanol–water partition coefficient (Wildman–Crippen LogP) is 7.24. The van der Waals surface area contributed by atoms with Gasteiger partial charge in [-0.2, -0.15) is 0 Å². The molecular weight excluding hydrogens is 481 g/mol. The third-order valence-corrected chi connectivity index (χ3v) is 7.08. The number of ether oxygens (including phenoxy) is 1. The van der Waals surface area contributed by atoms with Crippen LogP contribution in [0.25, 0.3) is 32.2 Å². The number of halogens is 2. The van der Waals surface area contributed by atoms with Gasteiger partial charge in [-0.05, 0) is 36.4 Å². The Morgan fingerprint density at radius 3 is 2.64 bits per heavy atom. The summed E-state index contributed by atoms with van der Waals surface area (Å²) in [5, 5.41) is 5.36. The molecule has 0 aliphatic rings. The van der Waals surface area contributed by atoms with Crippen LogP contribution in [0.5, 0.6) is 5.75 Å². The Morgan fingerprint density at radius 1 is 1.00 bits per heavy atom. The maximum absolute atomic E-state index is 12.9. The van der Waals surface area contributed by atoms with Crippen LogP contribution in [0.4, 0.5) is 5.69 Å². The third-order valence-electron chi connectivity index (χ3n) is 5.19. The van der Waals surface area contributed by atoms with Gasteiger partial charge in [0.15, 0.2) is 0 Å². The van der Waals surface area contributed by atoms with Crippen LogP contribution in [0.2, 0.25) is 10.0 Å². The van der Waals surface area contributed by atoms with Gasteiger partial charge >= 0.3 is 5.63 Å². The van der Waals surface area contributed by atoms with Crippen molar-refractivity contribution in [2.75, 3.05) is 12.4 Å². The van der Waals surface area contributed by atoms with Crippen LogP contribution in [0.15, 0.2) is 75.9 Å². The second kappa shape index (κ2) is 8.56. The highest BCUT2D eigenvalue weighted by molar-refractivity contribution is 7.21. The lowest BCUT2D eigenvalue weighted by Gasteiger charge is -2.11. The minimum Gasteiger partial charge on any atom is -0.496 e. The minimum atomic E-state index is -0.473. The Kier molecular flexibility index (Phi) is 5.58. The summed E-state index contributed by atoms with van der Waals surface area (Å²) < 4.78 is 11.8. The molecule has 1 N–H and O–H groups in total. The van der Waals surface area contributed by atoms with E-state index in [1.165, 1.54) is 18.4 Å². The monoisotopic (exact) mass is 495 g/mol. The molecule has 5 nitrogen and oxygen atoms in total. The maximum Gasteiger partial charge on any atom is 0.344 e. The van der Waals surface area contributed by atoms with Crippen LogP contribution in [-0.4, -0.2) is 13.0 Å². The number of fused-ring (bicyclic) bond motifs is 2. The molecule has 164 valence electrons. The van der Waals surface area contributed by atoms with Crippen LogP contribution >= 0.6 is 34.5 Å². The number of hydrogen-bond acceptors (Lipinski definition) is 5. The molecule has 2 aromatic heterocycles. The Labute approximate surface area is 202 Å². The topological polar surface area (TPSA) is 68.5 Å². The average Bonchev–Trinajstić information content (AvgIpc) is 3.14. The summed E-state index contributed by atoms with van der Waals surface area (Å²) in [4.78, 5) is 25.9. The molecule has 0 saturated carbocycles. The van der Waals surface area contributed by atoms with Gasteiger partial charge in [0.2, 0.25) is 0 Å². The molecule has 0 fully saturated rings. The van der Waals surface area contributed by atoms with E-state index < -0.39 is 5.63 Å². The van der Waals surface area contributed by atoms with Gasteiger partial charge in [0, 0.05) is 37.8 Å². The van der Waals surface area contributed by atoms with Gasteiger partial charge < -0.3 is 14.5 Å². The largest absolute Gasteiger partial charge is 0.496 e. The highest BCUT2D eigenvalue weighted by Gasteiger charge is 2.19. The number of amides is 1. The molecule has 1 amide bonds. The summed E-state index contributed by atoms with van der Waals surface area (Å²) in [5.41, 5.74) is 1.46. The second-order valence-electron chi connectivity index (χ2n) is 7.24. The van der Waals surface area contributed by atoms with E-state index in [4.69, 9.17) is 32.4 Å². The number of carbonyl (C=O) groups is 1.